The van der Waals surface area contributed by atoms with E-state index in [1.54, 1.807) is 0 Å². The lowest BCUT2D eigenvalue weighted by atomic mass is 10.0. The summed E-state index contributed by atoms with van der Waals surface area (Å²) >= 11 is 2.20. The predicted molar refractivity (Wildman–Crippen MR) is 120 cm³/mol. The number of anilines is 2. The number of morpholine rings is 1. The second kappa shape index (κ2) is 8.15. The van der Waals surface area contributed by atoms with Crippen molar-refractivity contribution in [1.82, 2.24) is 9.97 Å². The molecular weight excluding hydrogens is 380 g/mol. The molecule has 154 valence electrons. The molecule has 0 unspecified atom stereocenters. The molecule has 6 heteroatoms. The van der Waals surface area contributed by atoms with E-state index >= 15 is 0 Å². The van der Waals surface area contributed by atoms with E-state index in [0.717, 1.165) is 54.4 Å². The first-order chi connectivity index (χ1) is 14.2. The molecule has 0 bridgehead atoms. The van der Waals surface area contributed by atoms with E-state index in [4.69, 9.17) is 20.4 Å². The maximum atomic E-state index is 5.90. The van der Waals surface area contributed by atoms with E-state index in [1.165, 1.54) is 50.6 Å². The standard InChI is InChI=1S/C23H30N4OS/c24-18-8-6-17(7-9-18)22-25-20(16-21(26-22)27-12-14-28-15-13-27)23(10-11-23)29-19-4-2-1-3-5-19/h6-9,16,19H,1-5,10-15,24H2. The molecule has 0 radical (unpaired) electrons. The van der Waals surface area contributed by atoms with Gasteiger partial charge in [0.05, 0.1) is 23.7 Å². The molecule has 2 N–H and O–H groups in total. The van der Waals surface area contributed by atoms with Gasteiger partial charge >= 0.3 is 0 Å². The van der Waals surface area contributed by atoms with Gasteiger partial charge in [0.15, 0.2) is 5.82 Å². The molecule has 3 fully saturated rings. The van der Waals surface area contributed by atoms with Crippen LogP contribution in [0, 0.1) is 0 Å². The van der Waals surface area contributed by atoms with Crippen LogP contribution >= 0.6 is 11.8 Å². The SMILES string of the molecule is Nc1ccc(-c2nc(N3CCOCC3)cc(C3(SC4CCCCC4)CC3)n2)cc1. The lowest BCUT2D eigenvalue weighted by molar-refractivity contribution is 0.122. The number of thioether (sulfide) groups is 1. The average molecular weight is 411 g/mol. The van der Waals surface area contributed by atoms with Gasteiger partial charge in [0.1, 0.15) is 5.82 Å². The predicted octanol–water partition coefficient (Wildman–Crippen LogP) is 4.62. The van der Waals surface area contributed by atoms with E-state index in [9.17, 15) is 0 Å². The van der Waals surface area contributed by atoms with Crippen LogP contribution in [0.4, 0.5) is 11.5 Å². The molecular formula is C23H30N4OS. The lowest BCUT2D eigenvalue weighted by Gasteiger charge is -2.30. The number of benzene rings is 1. The summed E-state index contributed by atoms with van der Waals surface area (Å²) in [6.45, 7) is 3.30. The van der Waals surface area contributed by atoms with Crippen molar-refractivity contribution in [2.45, 2.75) is 54.9 Å². The smallest absolute Gasteiger partial charge is 0.161 e. The van der Waals surface area contributed by atoms with Crippen molar-refractivity contribution in [2.24, 2.45) is 0 Å². The molecule has 1 aromatic heterocycles. The van der Waals surface area contributed by atoms with E-state index in [1.807, 2.05) is 24.3 Å². The number of nitrogens with two attached hydrogens (primary N) is 1. The monoisotopic (exact) mass is 410 g/mol. The number of hydrogen-bond donors (Lipinski definition) is 1. The van der Waals surface area contributed by atoms with Gasteiger partial charge in [-0.3, -0.25) is 0 Å². The Morgan fingerprint density at radius 1 is 1.00 bits per heavy atom. The molecule has 0 atom stereocenters. The third kappa shape index (κ3) is 4.24. The largest absolute Gasteiger partial charge is 0.399 e. The molecule has 1 aliphatic heterocycles. The quantitative estimate of drug-likeness (QED) is 0.726. The number of nitrogen functional groups attached to an aromatic ring is 1. The van der Waals surface area contributed by atoms with Gasteiger partial charge in [0, 0.05) is 35.7 Å². The zero-order valence-electron chi connectivity index (χ0n) is 17.0. The number of hydrogen-bond acceptors (Lipinski definition) is 6. The summed E-state index contributed by atoms with van der Waals surface area (Å²) < 4.78 is 5.75. The van der Waals surface area contributed by atoms with E-state index in [2.05, 4.69) is 22.7 Å². The highest BCUT2D eigenvalue weighted by molar-refractivity contribution is 8.01. The molecule has 0 amide bonds. The summed E-state index contributed by atoms with van der Waals surface area (Å²) in [6.07, 6.45) is 9.35. The summed E-state index contributed by atoms with van der Waals surface area (Å²) in [5.41, 5.74) is 8.92. The molecule has 0 spiro atoms. The fraction of sp³-hybridized carbons (Fsp3) is 0.565. The molecule has 1 saturated heterocycles. The normalized spacial score (nSPS) is 21.9. The Labute approximate surface area is 177 Å². The highest BCUT2D eigenvalue weighted by atomic mass is 32.2. The third-order valence-corrected chi connectivity index (χ3v) is 8.21. The van der Waals surface area contributed by atoms with Gasteiger partial charge in [-0.25, -0.2) is 9.97 Å². The maximum absolute atomic E-state index is 5.90. The zero-order valence-corrected chi connectivity index (χ0v) is 17.8. The Bertz CT molecular complexity index is 840. The van der Waals surface area contributed by atoms with Crippen LogP contribution in [0.3, 0.4) is 0 Å². The van der Waals surface area contributed by atoms with Crippen LogP contribution in [-0.2, 0) is 9.48 Å². The fourth-order valence-electron chi connectivity index (χ4n) is 4.43. The van der Waals surface area contributed by atoms with Crippen LogP contribution in [0.25, 0.3) is 11.4 Å². The van der Waals surface area contributed by atoms with Gasteiger partial charge < -0.3 is 15.4 Å². The molecule has 5 nitrogen and oxygen atoms in total. The average Bonchev–Trinajstić information content (AvgIpc) is 3.56. The Morgan fingerprint density at radius 3 is 2.41 bits per heavy atom. The minimum atomic E-state index is 0.189. The van der Waals surface area contributed by atoms with Crippen molar-refractivity contribution < 1.29 is 4.74 Å². The third-order valence-electron chi connectivity index (χ3n) is 6.33. The second-order valence-corrected chi connectivity index (χ2v) is 10.2. The molecule has 2 saturated carbocycles. The van der Waals surface area contributed by atoms with Crippen LogP contribution in [0.2, 0.25) is 0 Å². The van der Waals surface area contributed by atoms with Crippen molar-refractivity contribution in [2.75, 3.05) is 36.9 Å². The van der Waals surface area contributed by atoms with E-state index in [0.29, 0.717) is 0 Å². The van der Waals surface area contributed by atoms with Crippen molar-refractivity contribution in [3.63, 3.8) is 0 Å². The minimum absolute atomic E-state index is 0.189. The minimum Gasteiger partial charge on any atom is -0.399 e. The van der Waals surface area contributed by atoms with Gasteiger partial charge in [0.2, 0.25) is 0 Å². The molecule has 3 aliphatic rings. The highest BCUT2D eigenvalue weighted by Gasteiger charge is 2.48. The molecule has 2 heterocycles. The van der Waals surface area contributed by atoms with Crippen LogP contribution in [0.1, 0.15) is 50.6 Å². The van der Waals surface area contributed by atoms with Crippen LogP contribution in [0.15, 0.2) is 30.3 Å². The summed E-state index contributed by atoms with van der Waals surface area (Å²) in [5, 5.41) is 0.785. The molecule has 2 aliphatic carbocycles. The van der Waals surface area contributed by atoms with Crippen LogP contribution < -0.4 is 10.6 Å². The first-order valence-corrected chi connectivity index (χ1v) is 11.9. The van der Waals surface area contributed by atoms with Crippen molar-refractivity contribution in [1.29, 1.82) is 0 Å². The number of nitrogens with zero attached hydrogens (tertiary/aromatic N) is 3. The molecule has 2 aromatic rings. The Morgan fingerprint density at radius 2 is 1.72 bits per heavy atom. The van der Waals surface area contributed by atoms with Crippen molar-refractivity contribution in [3.05, 3.63) is 36.0 Å². The highest BCUT2D eigenvalue weighted by Crippen LogP contribution is 2.59. The fourth-order valence-corrected chi connectivity index (χ4v) is 6.20. The van der Waals surface area contributed by atoms with Crippen molar-refractivity contribution >= 4 is 23.3 Å². The van der Waals surface area contributed by atoms with Gasteiger partial charge in [-0.1, -0.05) is 19.3 Å². The topological polar surface area (TPSA) is 64.3 Å². The van der Waals surface area contributed by atoms with E-state index < -0.39 is 0 Å². The van der Waals surface area contributed by atoms with Crippen molar-refractivity contribution in [3.8, 4) is 11.4 Å². The Hall–Kier alpha value is -1.79. The lowest BCUT2D eigenvalue weighted by Crippen LogP contribution is -2.37. The molecule has 1 aromatic carbocycles. The Kier molecular flexibility index (Phi) is 5.39. The van der Waals surface area contributed by atoms with Gasteiger partial charge in [0.25, 0.3) is 0 Å². The Balaban J connectivity index is 1.49. The summed E-state index contributed by atoms with van der Waals surface area (Å²) in [4.78, 5) is 12.4. The maximum Gasteiger partial charge on any atom is 0.161 e. The number of aromatic nitrogens is 2. The zero-order chi connectivity index (χ0) is 19.7. The first kappa shape index (κ1) is 19.2. The number of ether oxygens (including phenoxy) is 1. The van der Waals surface area contributed by atoms with E-state index in [-0.39, 0.29) is 4.75 Å². The van der Waals surface area contributed by atoms with Gasteiger partial charge in [-0.2, -0.15) is 0 Å². The number of rotatable bonds is 5. The van der Waals surface area contributed by atoms with Crippen LogP contribution in [-0.4, -0.2) is 41.5 Å². The molecule has 29 heavy (non-hydrogen) atoms. The van der Waals surface area contributed by atoms with Gasteiger partial charge in [-0.05, 0) is 49.9 Å². The molecule has 5 rings (SSSR count). The van der Waals surface area contributed by atoms with Gasteiger partial charge in [-0.15, -0.1) is 11.8 Å². The summed E-state index contributed by atoms with van der Waals surface area (Å²) in [5.74, 6) is 1.86. The summed E-state index contributed by atoms with van der Waals surface area (Å²) in [6, 6.07) is 10.2. The summed E-state index contributed by atoms with van der Waals surface area (Å²) in [7, 11) is 0. The second-order valence-electron chi connectivity index (χ2n) is 8.53. The first-order valence-electron chi connectivity index (χ1n) is 11.0. The van der Waals surface area contributed by atoms with Crippen LogP contribution in [0.5, 0.6) is 0 Å².